The van der Waals surface area contributed by atoms with Crippen LogP contribution in [0.5, 0.6) is 0 Å². The van der Waals surface area contributed by atoms with Crippen molar-refractivity contribution in [3.05, 3.63) is 39.4 Å². The molecule has 1 heterocycles. The second kappa shape index (κ2) is 5.90. The Labute approximate surface area is 121 Å². The summed E-state index contributed by atoms with van der Waals surface area (Å²) in [5.41, 5.74) is 0.818. The first kappa shape index (κ1) is 15.0. The number of carbonyl (C=O) groups excluding carboxylic acids is 1. The monoisotopic (exact) mass is 292 g/mol. The minimum atomic E-state index is -0.861. The van der Waals surface area contributed by atoms with Gasteiger partial charge in [-0.1, -0.05) is 0 Å². The van der Waals surface area contributed by atoms with Crippen LogP contribution in [-0.4, -0.2) is 39.9 Å². The van der Waals surface area contributed by atoms with Gasteiger partial charge < -0.3 is 10.0 Å². The van der Waals surface area contributed by atoms with Crippen molar-refractivity contribution in [2.75, 3.05) is 13.1 Å². The van der Waals surface area contributed by atoms with E-state index in [4.69, 9.17) is 5.11 Å². The van der Waals surface area contributed by atoms with Gasteiger partial charge in [-0.25, -0.2) is 0 Å². The van der Waals surface area contributed by atoms with Crippen molar-refractivity contribution >= 4 is 17.6 Å². The molecule has 0 bridgehead atoms. The lowest BCUT2D eigenvalue weighted by molar-refractivity contribution is -0.385. The Balaban J connectivity index is 2.09. The summed E-state index contributed by atoms with van der Waals surface area (Å²) >= 11 is 0. The van der Waals surface area contributed by atoms with Crippen LogP contribution in [-0.2, 0) is 4.79 Å². The lowest BCUT2D eigenvalue weighted by Gasteiger charge is -2.16. The van der Waals surface area contributed by atoms with Crippen molar-refractivity contribution in [1.82, 2.24) is 4.90 Å². The minimum Gasteiger partial charge on any atom is -0.481 e. The molecule has 0 spiro atoms. The molecule has 21 heavy (non-hydrogen) atoms. The van der Waals surface area contributed by atoms with E-state index in [-0.39, 0.29) is 23.9 Å². The molecule has 112 valence electrons. The molecular weight excluding hydrogens is 276 g/mol. The molecule has 0 radical (unpaired) electrons. The molecule has 0 aliphatic carbocycles. The van der Waals surface area contributed by atoms with E-state index in [9.17, 15) is 19.7 Å². The molecule has 1 aliphatic rings. The number of rotatable bonds is 4. The van der Waals surface area contributed by atoms with Gasteiger partial charge in [-0.3, -0.25) is 19.7 Å². The summed E-state index contributed by atoms with van der Waals surface area (Å²) in [6, 6.07) is 4.27. The first-order valence-corrected chi connectivity index (χ1v) is 6.64. The number of carbonyl (C=O) groups is 2. The van der Waals surface area contributed by atoms with Gasteiger partial charge in [0, 0.05) is 36.7 Å². The van der Waals surface area contributed by atoms with Crippen LogP contribution in [0.4, 0.5) is 5.69 Å². The summed E-state index contributed by atoms with van der Waals surface area (Å²) in [7, 11) is 0. The zero-order chi connectivity index (χ0) is 15.6. The molecule has 7 heteroatoms. The van der Waals surface area contributed by atoms with Gasteiger partial charge in [0.15, 0.2) is 0 Å². The van der Waals surface area contributed by atoms with Gasteiger partial charge in [0.1, 0.15) is 0 Å². The van der Waals surface area contributed by atoms with Crippen molar-refractivity contribution in [1.29, 1.82) is 0 Å². The first-order valence-electron chi connectivity index (χ1n) is 6.64. The van der Waals surface area contributed by atoms with Crippen LogP contribution in [0, 0.1) is 23.0 Å². The molecule has 1 atom stereocenters. The second-order valence-electron chi connectivity index (χ2n) is 5.26. The molecule has 1 aromatic carbocycles. The predicted molar refractivity (Wildman–Crippen MR) is 74.1 cm³/mol. The van der Waals surface area contributed by atoms with Crippen LogP contribution in [0.25, 0.3) is 0 Å². The number of benzene rings is 1. The van der Waals surface area contributed by atoms with E-state index in [1.165, 1.54) is 18.2 Å². The molecule has 1 amide bonds. The van der Waals surface area contributed by atoms with E-state index < -0.39 is 10.9 Å². The Morgan fingerprint density at radius 2 is 2.19 bits per heavy atom. The average Bonchev–Trinajstić information content (AvgIpc) is 2.84. The standard InChI is InChI=1S/C14H16N2O5/c1-9-6-11(2-3-12(9)16(20)21)14(19)15-5-4-10(8-15)7-13(17)18/h2-3,6,10H,4-5,7-8H2,1H3,(H,17,18). The molecule has 0 aromatic heterocycles. The lowest BCUT2D eigenvalue weighted by atomic mass is 10.1. The van der Waals surface area contributed by atoms with Crippen LogP contribution in [0.15, 0.2) is 18.2 Å². The summed E-state index contributed by atoms with van der Waals surface area (Å²) in [5, 5.41) is 19.5. The quantitative estimate of drug-likeness (QED) is 0.674. The maximum Gasteiger partial charge on any atom is 0.303 e. The fraction of sp³-hybridized carbons (Fsp3) is 0.429. The van der Waals surface area contributed by atoms with E-state index in [2.05, 4.69) is 0 Å². The SMILES string of the molecule is Cc1cc(C(=O)N2CCC(CC(=O)O)C2)ccc1[N+](=O)[O-]. The van der Waals surface area contributed by atoms with E-state index in [1.54, 1.807) is 11.8 Å². The Hall–Kier alpha value is -2.44. The Morgan fingerprint density at radius 1 is 1.48 bits per heavy atom. The molecule has 1 unspecified atom stereocenters. The topological polar surface area (TPSA) is 101 Å². The lowest BCUT2D eigenvalue weighted by Crippen LogP contribution is -2.29. The Morgan fingerprint density at radius 3 is 2.76 bits per heavy atom. The molecule has 1 aromatic rings. The van der Waals surface area contributed by atoms with Gasteiger partial charge in [0.2, 0.25) is 0 Å². The molecule has 1 fully saturated rings. The number of hydrogen-bond acceptors (Lipinski definition) is 4. The average molecular weight is 292 g/mol. The largest absolute Gasteiger partial charge is 0.481 e. The van der Waals surface area contributed by atoms with Crippen molar-refractivity contribution in [3.8, 4) is 0 Å². The van der Waals surface area contributed by atoms with Crippen LogP contribution in [0.1, 0.15) is 28.8 Å². The van der Waals surface area contributed by atoms with Gasteiger partial charge in [-0.2, -0.15) is 0 Å². The van der Waals surface area contributed by atoms with Crippen LogP contribution >= 0.6 is 0 Å². The van der Waals surface area contributed by atoms with E-state index in [0.717, 1.165) is 0 Å². The summed E-state index contributed by atoms with van der Waals surface area (Å²) in [6.45, 7) is 2.53. The zero-order valence-electron chi connectivity index (χ0n) is 11.6. The molecule has 7 nitrogen and oxygen atoms in total. The number of carboxylic acids is 1. The van der Waals surface area contributed by atoms with Crippen molar-refractivity contribution in [3.63, 3.8) is 0 Å². The number of nitrogens with zero attached hydrogens (tertiary/aromatic N) is 2. The van der Waals surface area contributed by atoms with Crippen molar-refractivity contribution < 1.29 is 19.6 Å². The molecule has 0 saturated carbocycles. The number of carboxylic acid groups (broad SMARTS) is 1. The fourth-order valence-corrected chi connectivity index (χ4v) is 2.61. The highest BCUT2D eigenvalue weighted by molar-refractivity contribution is 5.95. The van der Waals surface area contributed by atoms with E-state index in [1.807, 2.05) is 0 Å². The smallest absolute Gasteiger partial charge is 0.303 e. The molecule has 1 aliphatic heterocycles. The number of aryl methyl sites for hydroxylation is 1. The number of nitro benzene ring substituents is 1. The third kappa shape index (κ3) is 3.36. The van der Waals surface area contributed by atoms with Crippen LogP contribution in [0.2, 0.25) is 0 Å². The molecule has 1 N–H and O–H groups in total. The number of amides is 1. The molecule has 2 rings (SSSR count). The maximum absolute atomic E-state index is 12.3. The Kier molecular flexibility index (Phi) is 4.21. The van der Waals surface area contributed by atoms with Gasteiger partial charge >= 0.3 is 5.97 Å². The minimum absolute atomic E-state index is 0.0169. The normalized spacial score (nSPS) is 17.8. The van der Waals surface area contributed by atoms with E-state index >= 15 is 0 Å². The maximum atomic E-state index is 12.3. The highest BCUT2D eigenvalue weighted by Crippen LogP contribution is 2.24. The van der Waals surface area contributed by atoms with Crippen molar-refractivity contribution in [2.24, 2.45) is 5.92 Å². The Bertz CT molecular complexity index is 599. The van der Waals surface area contributed by atoms with Crippen LogP contribution < -0.4 is 0 Å². The first-order chi connectivity index (χ1) is 9.88. The zero-order valence-corrected chi connectivity index (χ0v) is 11.6. The van der Waals surface area contributed by atoms with Crippen LogP contribution in [0.3, 0.4) is 0 Å². The molecular formula is C14H16N2O5. The summed E-state index contributed by atoms with van der Waals surface area (Å²) < 4.78 is 0. The summed E-state index contributed by atoms with van der Waals surface area (Å²) in [5.74, 6) is -1.09. The predicted octanol–water partition coefficient (Wildman–Crippen LogP) is 1.84. The highest BCUT2D eigenvalue weighted by atomic mass is 16.6. The highest BCUT2D eigenvalue weighted by Gasteiger charge is 2.28. The van der Waals surface area contributed by atoms with Gasteiger partial charge in [0.25, 0.3) is 11.6 Å². The number of hydrogen-bond donors (Lipinski definition) is 1. The second-order valence-corrected chi connectivity index (χ2v) is 5.26. The van der Waals surface area contributed by atoms with Gasteiger partial charge in [-0.05, 0) is 31.4 Å². The number of likely N-dealkylation sites (tertiary alicyclic amines) is 1. The third-order valence-corrected chi connectivity index (χ3v) is 3.68. The number of nitro groups is 1. The summed E-state index contributed by atoms with van der Waals surface area (Å²) in [4.78, 5) is 34.9. The fourth-order valence-electron chi connectivity index (χ4n) is 2.61. The van der Waals surface area contributed by atoms with Crippen molar-refractivity contribution in [2.45, 2.75) is 19.8 Å². The third-order valence-electron chi connectivity index (χ3n) is 3.68. The van der Waals surface area contributed by atoms with Gasteiger partial charge in [-0.15, -0.1) is 0 Å². The van der Waals surface area contributed by atoms with E-state index in [0.29, 0.717) is 30.6 Å². The molecule has 1 saturated heterocycles. The number of aliphatic carboxylic acids is 1. The summed E-state index contributed by atoms with van der Waals surface area (Å²) in [6.07, 6.45) is 0.729. The van der Waals surface area contributed by atoms with Gasteiger partial charge in [0.05, 0.1) is 4.92 Å².